The molecule has 0 aliphatic carbocycles. The molecule has 1 aromatic carbocycles. The average Bonchev–Trinajstić information content (AvgIpc) is 2.30. The number of pyridine rings is 1. The highest BCUT2D eigenvalue weighted by Crippen LogP contribution is 2.07. The number of hydrogen-bond acceptors (Lipinski definition) is 1. The van der Waals surface area contributed by atoms with Gasteiger partial charge in [-0.15, -0.1) is 0 Å². The summed E-state index contributed by atoms with van der Waals surface area (Å²) in [6.45, 7) is 1.77. The van der Waals surface area contributed by atoms with E-state index in [1.807, 2.05) is 30.5 Å². The topological polar surface area (TPSA) is 12.9 Å². The summed E-state index contributed by atoms with van der Waals surface area (Å²) >= 11 is 10.2. The van der Waals surface area contributed by atoms with Gasteiger partial charge in [0.2, 0.25) is 0 Å². The van der Waals surface area contributed by atoms with E-state index in [-0.39, 0.29) is 0 Å². The number of aromatic nitrogens is 1. The van der Waals surface area contributed by atoms with E-state index in [2.05, 4.69) is 17.1 Å². The molecule has 78 valence electrons. The van der Waals surface area contributed by atoms with E-state index in [0.717, 1.165) is 5.52 Å². The van der Waals surface area contributed by atoms with Crippen LogP contribution in [-0.2, 0) is 0 Å². The first kappa shape index (κ1) is 12.0. The number of benzene rings is 1. The molecule has 0 saturated carbocycles. The maximum absolute atomic E-state index is 5.09. The zero-order valence-corrected chi connectivity index (χ0v) is 9.83. The van der Waals surface area contributed by atoms with Crippen molar-refractivity contribution in [2.75, 3.05) is 0 Å². The van der Waals surface area contributed by atoms with Crippen LogP contribution in [0.5, 0.6) is 0 Å². The highest BCUT2D eigenvalue weighted by atomic mass is 35.5. The van der Waals surface area contributed by atoms with Crippen molar-refractivity contribution in [2.45, 2.75) is 6.92 Å². The molecule has 0 radical (unpaired) electrons. The Balaban J connectivity index is 0.000000195. The largest absolute Gasteiger partial charge is 0.256 e. The van der Waals surface area contributed by atoms with Crippen molar-refractivity contribution in [2.24, 2.45) is 0 Å². The lowest BCUT2D eigenvalue weighted by Crippen LogP contribution is -1.73. The Morgan fingerprint density at radius 2 is 1.73 bits per heavy atom. The Morgan fingerprint density at radius 1 is 1.13 bits per heavy atom. The third-order valence-electron chi connectivity index (χ3n) is 1.73. The van der Waals surface area contributed by atoms with Gasteiger partial charge in [0.15, 0.2) is 0 Å². The van der Waals surface area contributed by atoms with Gasteiger partial charge in [0.25, 0.3) is 0 Å². The van der Waals surface area contributed by atoms with Gasteiger partial charge >= 0.3 is 0 Å². The number of allylic oxidation sites excluding steroid dienone is 1. The van der Waals surface area contributed by atoms with Crippen LogP contribution in [0, 0.1) is 0 Å². The summed E-state index contributed by atoms with van der Waals surface area (Å²) in [5.74, 6) is 0. The predicted molar refractivity (Wildman–Crippen MR) is 67.2 cm³/mol. The molecule has 0 bridgehead atoms. The molecule has 0 aliphatic rings. The Morgan fingerprint density at radius 3 is 2.33 bits per heavy atom. The number of para-hydroxylation sites is 1. The number of rotatable bonds is 0. The second-order valence-corrected chi connectivity index (χ2v) is 3.78. The van der Waals surface area contributed by atoms with Gasteiger partial charge in [-0.2, -0.15) is 0 Å². The summed E-state index contributed by atoms with van der Waals surface area (Å²) in [6.07, 6.45) is 3.42. The van der Waals surface area contributed by atoms with E-state index in [0.29, 0.717) is 4.49 Å². The maximum atomic E-state index is 5.09. The van der Waals surface area contributed by atoms with Crippen LogP contribution in [0.1, 0.15) is 6.92 Å². The molecule has 2 rings (SSSR count). The first-order valence-corrected chi connectivity index (χ1v) is 5.26. The van der Waals surface area contributed by atoms with E-state index >= 15 is 0 Å². The fourth-order valence-electron chi connectivity index (χ4n) is 1.02. The molecular weight excluding hydrogens is 229 g/mol. The minimum absolute atomic E-state index is 0.324. The summed E-state index contributed by atoms with van der Waals surface area (Å²) in [5, 5.41) is 1.20. The summed E-state index contributed by atoms with van der Waals surface area (Å²) in [6, 6.07) is 12.1. The van der Waals surface area contributed by atoms with Crippen molar-refractivity contribution in [3.05, 3.63) is 53.2 Å². The molecule has 0 saturated heterocycles. The molecule has 0 N–H and O–H groups in total. The van der Waals surface area contributed by atoms with Gasteiger partial charge in [0.1, 0.15) is 4.49 Å². The molecule has 15 heavy (non-hydrogen) atoms. The van der Waals surface area contributed by atoms with Crippen LogP contribution in [0.2, 0.25) is 0 Å². The lowest BCUT2D eigenvalue weighted by Gasteiger charge is -1.91. The van der Waals surface area contributed by atoms with Gasteiger partial charge in [-0.25, -0.2) is 0 Å². The summed E-state index contributed by atoms with van der Waals surface area (Å²) in [7, 11) is 0. The molecule has 0 unspecified atom stereocenters. The first-order valence-electron chi connectivity index (χ1n) is 4.51. The van der Waals surface area contributed by atoms with Crippen LogP contribution in [0.4, 0.5) is 0 Å². The second-order valence-electron chi connectivity index (χ2n) is 2.77. The normalized spacial score (nSPS) is 9.00. The predicted octanol–water partition coefficient (Wildman–Crippen LogP) is 4.56. The van der Waals surface area contributed by atoms with E-state index in [1.54, 1.807) is 13.0 Å². The Labute approximate surface area is 99.4 Å². The lowest BCUT2D eigenvalue weighted by molar-refractivity contribution is 1.41. The highest BCUT2D eigenvalue weighted by molar-refractivity contribution is 6.55. The molecule has 3 heteroatoms. The first-order chi connectivity index (χ1) is 7.24. The molecule has 1 nitrogen and oxygen atoms in total. The van der Waals surface area contributed by atoms with Crippen LogP contribution in [0.3, 0.4) is 0 Å². The number of halogens is 2. The van der Waals surface area contributed by atoms with Crippen molar-refractivity contribution in [3.8, 4) is 0 Å². The summed E-state index contributed by atoms with van der Waals surface area (Å²) in [4.78, 5) is 4.18. The molecule has 1 aromatic heterocycles. The summed E-state index contributed by atoms with van der Waals surface area (Å²) in [5.41, 5.74) is 1.06. The fourth-order valence-corrected chi connectivity index (χ4v) is 1.02. The van der Waals surface area contributed by atoms with E-state index in [1.165, 1.54) is 5.39 Å². The van der Waals surface area contributed by atoms with Gasteiger partial charge in [0, 0.05) is 11.6 Å². The third-order valence-corrected chi connectivity index (χ3v) is 2.17. The maximum Gasteiger partial charge on any atom is 0.102 e. The van der Waals surface area contributed by atoms with Gasteiger partial charge in [-0.05, 0) is 19.1 Å². The van der Waals surface area contributed by atoms with Crippen LogP contribution < -0.4 is 0 Å². The Hall–Kier alpha value is -1.05. The van der Waals surface area contributed by atoms with Gasteiger partial charge < -0.3 is 0 Å². The second kappa shape index (κ2) is 6.44. The number of nitrogens with zero attached hydrogens (tertiary/aromatic N) is 1. The number of hydrogen-bond donors (Lipinski definition) is 0. The van der Waals surface area contributed by atoms with Crippen LogP contribution in [0.15, 0.2) is 53.2 Å². The highest BCUT2D eigenvalue weighted by Gasteiger charge is 1.86. The molecule has 0 aliphatic heterocycles. The van der Waals surface area contributed by atoms with E-state index in [9.17, 15) is 0 Å². The zero-order valence-electron chi connectivity index (χ0n) is 8.32. The molecule has 0 fully saturated rings. The SMILES string of the molecule is CC=C(Cl)Cl.c1ccc2ncccc2c1. The average molecular weight is 240 g/mol. The monoisotopic (exact) mass is 239 g/mol. The molecule has 0 spiro atoms. The Kier molecular flexibility index (Phi) is 5.16. The molecule has 0 atom stereocenters. The van der Waals surface area contributed by atoms with Crippen LogP contribution in [-0.4, -0.2) is 4.98 Å². The van der Waals surface area contributed by atoms with Crippen molar-refractivity contribution in [3.63, 3.8) is 0 Å². The molecule has 0 amide bonds. The third kappa shape index (κ3) is 4.32. The fraction of sp³-hybridized carbons (Fsp3) is 0.0833. The van der Waals surface area contributed by atoms with E-state index in [4.69, 9.17) is 23.2 Å². The van der Waals surface area contributed by atoms with Crippen LogP contribution >= 0.6 is 23.2 Å². The van der Waals surface area contributed by atoms with Crippen molar-refractivity contribution < 1.29 is 0 Å². The van der Waals surface area contributed by atoms with E-state index < -0.39 is 0 Å². The quantitative estimate of drug-likeness (QED) is 0.657. The van der Waals surface area contributed by atoms with Gasteiger partial charge in [-0.1, -0.05) is 53.5 Å². The minimum Gasteiger partial charge on any atom is -0.256 e. The molecule has 1 heterocycles. The zero-order chi connectivity index (χ0) is 11.1. The van der Waals surface area contributed by atoms with Crippen molar-refractivity contribution >= 4 is 34.1 Å². The number of fused-ring (bicyclic) bond motifs is 1. The van der Waals surface area contributed by atoms with Crippen LogP contribution in [0.25, 0.3) is 10.9 Å². The molecular formula is C12H11Cl2N. The smallest absolute Gasteiger partial charge is 0.102 e. The Bertz CT molecular complexity index is 383. The standard InChI is InChI=1S/C9H7N.C3H4Cl2/c1-2-6-9-8(4-1)5-3-7-10-9;1-2-3(4)5/h1-7H;2H,1H3. The van der Waals surface area contributed by atoms with Gasteiger partial charge in [-0.3, -0.25) is 4.98 Å². The lowest BCUT2D eigenvalue weighted by atomic mass is 10.2. The van der Waals surface area contributed by atoms with Crippen molar-refractivity contribution in [1.29, 1.82) is 0 Å². The minimum atomic E-state index is 0.324. The summed E-state index contributed by atoms with van der Waals surface area (Å²) < 4.78 is 0.324. The van der Waals surface area contributed by atoms with Crippen molar-refractivity contribution in [1.82, 2.24) is 4.98 Å². The van der Waals surface area contributed by atoms with Gasteiger partial charge in [0.05, 0.1) is 5.52 Å². The molecule has 2 aromatic rings.